The molecule has 2 rings (SSSR count). The van der Waals surface area contributed by atoms with Crippen LogP contribution in [0.5, 0.6) is 11.5 Å². The molecule has 0 bridgehead atoms. The Morgan fingerprint density at radius 2 is 1.33 bits per heavy atom. The molecule has 0 aromatic heterocycles. The van der Waals surface area contributed by atoms with Crippen LogP contribution in [0.3, 0.4) is 0 Å². The average Bonchev–Trinajstić information content (AvgIpc) is 2.73. The summed E-state index contributed by atoms with van der Waals surface area (Å²) in [6, 6.07) is 16.2. The molecule has 0 aliphatic carbocycles. The van der Waals surface area contributed by atoms with Gasteiger partial charge in [0.1, 0.15) is 11.5 Å². The number of carbonyl (C=O) groups is 1. The van der Waals surface area contributed by atoms with E-state index in [0.717, 1.165) is 54.7 Å². The second kappa shape index (κ2) is 11.8. The molecule has 0 saturated carbocycles. The van der Waals surface area contributed by atoms with Crippen molar-refractivity contribution in [1.82, 2.24) is 0 Å². The lowest BCUT2D eigenvalue weighted by Gasteiger charge is -2.08. The van der Waals surface area contributed by atoms with Gasteiger partial charge in [-0.15, -0.1) is 0 Å². The van der Waals surface area contributed by atoms with Gasteiger partial charge in [-0.1, -0.05) is 50.1 Å². The lowest BCUT2D eigenvalue weighted by atomic mass is 10.1. The van der Waals surface area contributed by atoms with Crippen molar-refractivity contribution in [3.63, 3.8) is 0 Å². The summed E-state index contributed by atoms with van der Waals surface area (Å²) in [5.74, 6) is 1.40. The molecule has 144 valence electrons. The van der Waals surface area contributed by atoms with Crippen molar-refractivity contribution in [2.45, 2.75) is 32.1 Å². The Morgan fingerprint density at radius 3 is 1.89 bits per heavy atom. The molecule has 0 spiro atoms. The Hall–Kier alpha value is -2.75. The summed E-state index contributed by atoms with van der Waals surface area (Å²) in [5.41, 5.74) is 2.31. The first-order valence-electron chi connectivity index (χ1n) is 9.39. The monoisotopic (exact) mass is 368 g/mol. The molecule has 0 fully saturated rings. The van der Waals surface area contributed by atoms with Crippen LogP contribution in [-0.4, -0.2) is 26.3 Å². The maximum absolute atomic E-state index is 10.9. The molecule has 0 amide bonds. The zero-order chi connectivity index (χ0) is 19.3. The number of hydrogen-bond acceptors (Lipinski definition) is 4. The number of hydrogen-bond donors (Lipinski definition) is 0. The molecular weight excluding hydrogens is 340 g/mol. The highest BCUT2D eigenvalue weighted by Gasteiger charge is 2.00. The molecule has 0 atom stereocenters. The number of carbonyl (C=O) groups excluding carboxylic acids is 1. The van der Waals surface area contributed by atoms with Crippen molar-refractivity contribution in [3.8, 4) is 22.6 Å². The van der Waals surface area contributed by atoms with E-state index in [1.807, 2.05) is 36.4 Å². The summed E-state index contributed by atoms with van der Waals surface area (Å²) in [5, 5.41) is 0. The van der Waals surface area contributed by atoms with E-state index in [0.29, 0.717) is 13.2 Å². The lowest BCUT2D eigenvalue weighted by molar-refractivity contribution is -0.137. The highest BCUT2D eigenvalue weighted by molar-refractivity contribution is 5.81. The van der Waals surface area contributed by atoms with Gasteiger partial charge in [-0.3, -0.25) is 0 Å². The molecule has 0 unspecified atom stereocenters. The van der Waals surface area contributed by atoms with E-state index in [4.69, 9.17) is 14.2 Å². The van der Waals surface area contributed by atoms with E-state index in [2.05, 4.69) is 18.7 Å². The maximum atomic E-state index is 10.9. The summed E-state index contributed by atoms with van der Waals surface area (Å²) >= 11 is 0. The van der Waals surface area contributed by atoms with Crippen LogP contribution >= 0.6 is 0 Å². The fourth-order valence-corrected chi connectivity index (χ4v) is 2.68. The average molecular weight is 368 g/mol. The van der Waals surface area contributed by atoms with E-state index in [1.165, 1.54) is 6.08 Å². The minimum absolute atomic E-state index is 0.346. The van der Waals surface area contributed by atoms with Crippen molar-refractivity contribution in [2.75, 3.05) is 20.3 Å². The maximum Gasteiger partial charge on any atom is 0.330 e. The summed E-state index contributed by atoms with van der Waals surface area (Å²) in [6.07, 6.45) is 6.40. The van der Waals surface area contributed by atoms with Crippen LogP contribution in [0.4, 0.5) is 0 Å². The third-order valence-corrected chi connectivity index (χ3v) is 4.25. The zero-order valence-corrected chi connectivity index (χ0v) is 16.0. The standard InChI is InChI=1S/C23H28O4/c1-3-23(24)27-18-8-6-4-5-7-17-26-22-15-11-20(12-16-22)19-9-13-21(25-2)14-10-19/h3,9-16H,1,4-8,17-18H2,2H3. The second-order valence-electron chi connectivity index (χ2n) is 6.24. The van der Waals surface area contributed by atoms with E-state index in [-0.39, 0.29) is 5.97 Å². The van der Waals surface area contributed by atoms with E-state index >= 15 is 0 Å². The molecule has 0 aliphatic rings. The third-order valence-electron chi connectivity index (χ3n) is 4.25. The molecule has 0 heterocycles. The van der Waals surface area contributed by atoms with E-state index in [1.54, 1.807) is 7.11 Å². The molecule has 0 saturated heterocycles. The highest BCUT2D eigenvalue weighted by atomic mass is 16.5. The van der Waals surface area contributed by atoms with Gasteiger partial charge in [-0.2, -0.15) is 0 Å². The summed E-state index contributed by atoms with van der Waals surface area (Å²) in [4.78, 5) is 10.9. The number of unbranched alkanes of at least 4 members (excludes halogenated alkanes) is 4. The Kier molecular flexibility index (Phi) is 8.98. The summed E-state index contributed by atoms with van der Waals surface area (Å²) < 4.78 is 15.9. The molecule has 2 aromatic rings. The van der Waals surface area contributed by atoms with E-state index < -0.39 is 0 Å². The molecule has 4 nitrogen and oxygen atoms in total. The number of benzene rings is 2. The highest BCUT2D eigenvalue weighted by Crippen LogP contribution is 2.24. The van der Waals surface area contributed by atoms with Gasteiger partial charge >= 0.3 is 5.97 Å². The number of methoxy groups -OCH3 is 1. The molecule has 2 aromatic carbocycles. The van der Waals surface area contributed by atoms with Crippen LogP contribution in [0.15, 0.2) is 61.2 Å². The van der Waals surface area contributed by atoms with E-state index in [9.17, 15) is 4.79 Å². The Bertz CT molecular complexity index is 689. The largest absolute Gasteiger partial charge is 0.497 e. The first kappa shape index (κ1) is 20.6. The fraction of sp³-hybridized carbons (Fsp3) is 0.348. The smallest absolute Gasteiger partial charge is 0.330 e. The predicted molar refractivity (Wildman–Crippen MR) is 108 cm³/mol. The van der Waals surface area contributed by atoms with Crippen LogP contribution in [0, 0.1) is 0 Å². The quantitative estimate of drug-likeness (QED) is 0.285. The van der Waals surface area contributed by atoms with Gasteiger partial charge in [0.15, 0.2) is 0 Å². The van der Waals surface area contributed by atoms with Crippen LogP contribution in [0.1, 0.15) is 32.1 Å². The van der Waals surface area contributed by atoms with Crippen LogP contribution in [0.25, 0.3) is 11.1 Å². The van der Waals surface area contributed by atoms with Crippen molar-refractivity contribution in [3.05, 3.63) is 61.2 Å². The van der Waals surface area contributed by atoms with Gasteiger partial charge in [0.05, 0.1) is 20.3 Å². The summed E-state index contributed by atoms with van der Waals surface area (Å²) in [7, 11) is 1.67. The third kappa shape index (κ3) is 7.57. The number of rotatable bonds is 12. The van der Waals surface area contributed by atoms with Gasteiger partial charge in [0, 0.05) is 6.08 Å². The first-order chi connectivity index (χ1) is 13.2. The number of ether oxygens (including phenoxy) is 3. The molecule has 0 N–H and O–H groups in total. The Balaban J connectivity index is 1.60. The SMILES string of the molecule is C=CC(=O)OCCCCCCCOc1ccc(-c2ccc(OC)cc2)cc1. The first-order valence-corrected chi connectivity index (χ1v) is 9.39. The molecule has 0 aliphatic heterocycles. The van der Waals surface area contributed by atoms with Gasteiger partial charge < -0.3 is 14.2 Å². The summed E-state index contributed by atoms with van der Waals surface area (Å²) in [6.45, 7) is 4.56. The molecule has 0 radical (unpaired) electrons. The van der Waals surface area contributed by atoms with Gasteiger partial charge in [-0.05, 0) is 48.2 Å². The van der Waals surface area contributed by atoms with Crippen molar-refractivity contribution in [2.24, 2.45) is 0 Å². The second-order valence-corrected chi connectivity index (χ2v) is 6.24. The van der Waals surface area contributed by atoms with Crippen molar-refractivity contribution >= 4 is 5.97 Å². The van der Waals surface area contributed by atoms with Gasteiger partial charge in [-0.25, -0.2) is 4.79 Å². The predicted octanol–water partition coefficient (Wildman–Crippen LogP) is 5.42. The fourth-order valence-electron chi connectivity index (χ4n) is 2.68. The Labute approximate surface area is 161 Å². The Morgan fingerprint density at radius 1 is 0.815 bits per heavy atom. The molecule has 4 heteroatoms. The van der Waals surface area contributed by atoms with Gasteiger partial charge in [0.2, 0.25) is 0 Å². The van der Waals surface area contributed by atoms with Crippen LogP contribution in [-0.2, 0) is 9.53 Å². The minimum Gasteiger partial charge on any atom is -0.497 e. The normalized spacial score (nSPS) is 10.3. The van der Waals surface area contributed by atoms with Crippen molar-refractivity contribution < 1.29 is 19.0 Å². The van der Waals surface area contributed by atoms with Crippen molar-refractivity contribution in [1.29, 1.82) is 0 Å². The lowest BCUT2D eigenvalue weighted by Crippen LogP contribution is -2.01. The van der Waals surface area contributed by atoms with Crippen LogP contribution < -0.4 is 9.47 Å². The van der Waals surface area contributed by atoms with Gasteiger partial charge in [0.25, 0.3) is 0 Å². The topological polar surface area (TPSA) is 44.8 Å². The zero-order valence-electron chi connectivity index (χ0n) is 16.0. The minimum atomic E-state index is -0.346. The van der Waals surface area contributed by atoms with Crippen LogP contribution in [0.2, 0.25) is 0 Å². The molecule has 27 heavy (non-hydrogen) atoms. The molecular formula is C23H28O4. The number of esters is 1.